The smallest absolute Gasteiger partial charge is 0.424 e. The second-order valence-electron chi connectivity index (χ2n) is 5.46. The quantitative estimate of drug-likeness (QED) is 0.675. The first-order valence-electron chi connectivity index (χ1n) is 7.27. The van der Waals surface area contributed by atoms with Crippen molar-refractivity contribution in [2.75, 3.05) is 13.4 Å². The summed E-state index contributed by atoms with van der Waals surface area (Å²) in [6, 6.07) is 8.23. The van der Waals surface area contributed by atoms with Gasteiger partial charge < -0.3 is 9.15 Å². The van der Waals surface area contributed by atoms with Crippen molar-refractivity contribution in [3.8, 4) is 22.7 Å². The number of aromatic nitrogens is 1. The summed E-state index contributed by atoms with van der Waals surface area (Å²) in [4.78, 5) is 11.7. The highest BCUT2D eigenvalue weighted by atomic mass is 35.5. The zero-order valence-corrected chi connectivity index (χ0v) is 15.3. The topological polar surface area (TPSA) is 78.5 Å². The van der Waals surface area contributed by atoms with E-state index in [1.165, 1.54) is 23.8 Å². The van der Waals surface area contributed by atoms with Crippen LogP contribution < -0.4 is 10.5 Å². The molecule has 0 aliphatic carbocycles. The van der Waals surface area contributed by atoms with Crippen LogP contribution in [0, 0.1) is 5.82 Å². The van der Waals surface area contributed by atoms with Crippen LogP contribution in [-0.2, 0) is 9.84 Å². The van der Waals surface area contributed by atoms with E-state index in [0.29, 0.717) is 16.5 Å². The van der Waals surface area contributed by atoms with Gasteiger partial charge >= 0.3 is 5.76 Å². The number of rotatable bonds is 4. The summed E-state index contributed by atoms with van der Waals surface area (Å²) in [5, 5.41) is 0.359. The first-order chi connectivity index (χ1) is 12.2. The summed E-state index contributed by atoms with van der Waals surface area (Å²) in [6.07, 6.45) is 2.08. The van der Waals surface area contributed by atoms with E-state index in [0.717, 1.165) is 24.7 Å². The van der Waals surface area contributed by atoms with E-state index in [2.05, 4.69) is 0 Å². The number of halogens is 2. The molecule has 0 aliphatic rings. The summed E-state index contributed by atoms with van der Waals surface area (Å²) in [6.45, 7) is 0. The molecule has 0 atom stereocenters. The molecular weight excluding hydrogens is 385 g/mol. The van der Waals surface area contributed by atoms with Gasteiger partial charge in [-0.05, 0) is 24.3 Å². The van der Waals surface area contributed by atoms with Gasteiger partial charge in [0.15, 0.2) is 9.84 Å². The van der Waals surface area contributed by atoms with Crippen LogP contribution in [0.4, 0.5) is 4.39 Å². The monoisotopic (exact) mass is 397 g/mol. The third kappa shape index (κ3) is 3.25. The lowest BCUT2D eigenvalue weighted by molar-refractivity contribution is 0.414. The third-order valence-electron chi connectivity index (χ3n) is 3.71. The Kier molecular flexibility index (Phi) is 4.64. The fourth-order valence-corrected chi connectivity index (χ4v) is 3.42. The second-order valence-corrected chi connectivity index (χ2v) is 7.85. The molecule has 9 heteroatoms. The van der Waals surface area contributed by atoms with E-state index < -0.39 is 26.3 Å². The zero-order valence-electron chi connectivity index (χ0n) is 13.7. The molecule has 0 spiro atoms. The number of sulfone groups is 1. The Hall–Kier alpha value is -2.58. The lowest BCUT2D eigenvalue weighted by Gasteiger charge is -2.10. The summed E-state index contributed by atoms with van der Waals surface area (Å²) in [7, 11) is -2.27. The first kappa shape index (κ1) is 18.2. The standard InChI is InChI=1S/C17H13ClFNO5S/c1-24-15-8-11(4-5-12(15)18)20-14(9-25-17(20)21)10-3-6-16(13(19)7-10)26(2,22)23/h3-9H,1-2H3. The summed E-state index contributed by atoms with van der Waals surface area (Å²) in [5.74, 6) is -1.27. The van der Waals surface area contributed by atoms with E-state index in [-0.39, 0.29) is 11.3 Å². The van der Waals surface area contributed by atoms with Gasteiger partial charge in [0.25, 0.3) is 0 Å². The highest BCUT2D eigenvalue weighted by molar-refractivity contribution is 7.90. The van der Waals surface area contributed by atoms with Gasteiger partial charge in [-0.3, -0.25) is 0 Å². The number of ether oxygens (including phenoxy) is 1. The number of methoxy groups -OCH3 is 1. The number of oxazole rings is 1. The van der Waals surface area contributed by atoms with Crippen molar-refractivity contribution in [1.82, 2.24) is 4.57 Å². The maximum Gasteiger partial charge on any atom is 0.424 e. The highest BCUT2D eigenvalue weighted by Crippen LogP contribution is 2.30. The average Bonchev–Trinajstić information content (AvgIpc) is 2.96. The maximum absolute atomic E-state index is 14.2. The normalized spacial score (nSPS) is 11.5. The van der Waals surface area contributed by atoms with Gasteiger partial charge in [0.1, 0.15) is 22.7 Å². The second kappa shape index (κ2) is 6.62. The Bertz CT molecular complexity index is 1150. The molecule has 6 nitrogen and oxygen atoms in total. The predicted octanol–water partition coefficient (Wildman–Crippen LogP) is 3.30. The molecule has 0 aliphatic heterocycles. The molecule has 0 amide bonds. The maximum atomic E-state index is 14.2. The van der Waals surface area contributed by atoms with Gasteiger partial charge in [0.2, 0.25) is 0 Å². The zero-order chi connectivity index (χ0) is 19.1. The van der Waals surface area contributed by atoms with Gasteiger partial charge in [-0.25, -0.2) is 22.2 Å². The van der Waals surface area contributed by atoms with E-state index in [1.807, 2.05) is 0 Å². The number of hydrogen-bond donors (Lipinski definition) is 0. The number of benzene rings is 2. The minimum absolute atomic E-state index is 0.248. The molecule has 0 saturated carbocycles. The van der Waals surface area contributed by atoms with Crippen LogP contribution in [0.1, 0.15) is 0 Å². The molecule has 0 N–H and O–H groups in total. The molecule has 1 aromatic heterocycles. The van der Waals surface area contributed by atoms with Crippen molar-refractivity contribution < 1.29 is 22.0 Å². The highest BCUT2D eigenvalue weighted by Gasteiger charge is 2.18. The fourth-order valence-electron chi connectivity index (χ4n) is 2.50. The van der Waals surface area contributed by atoms with Crippen LogP contribution in [0.5, 0.6) is 5.75 Å². The Labute approximate surface area is 153 Å². The predicted molar refractivity (Wildman–Crippen MR) is 94.4 cm³/mol. The molecule has 2 aromatic carbocycles. The average molecular weight is 398 g/mol. The lowest BCUT2D eigenvalue weighted by atomic mass is 10.1. The van der Waals surface area contributed by atoms with Gasteiger partial charge in [-0.15, -0.1) is 0 Å². The van der Waals surface area contributed by atoms with E-state index in [4.69, 9.17) is 20.8 Å². The molecule has 3 rings (SSSR count). The van der Waals surface area contributed by atoms with E-state index in [1.54, 1.807) is 12.1 Å². The molecule has 0 fully saturated rings. The van der Waals surface area contributed by atoms with E-state index >= 15 is 0 Å². The van der Waals surface area contributed by atoms with Crippen LogP contribution in [0.25, 0.3) is 16.9 Å². The van der Waals surface area contributed by atoms with Crippen molar-refractivity contribution in [3.63, 3.8) is 0 Å². The van der Waals surface area contributed by atoms with Crippen LogP contribution >= 0.6 is 11.6 Å². The van der Waals surface area contributed by atoms with Crippen LogP contribution in [0.15, 0.2) is 56.8 Å². The fraction of sp³-hybridized carbons (Fsp3) is 0.118. The molecule has 3 aromatic rings. The van der Waals surface area contributed by atoms with Gasteiger partial charge in [0, 0.05) is 17.9 Å². The number of nitrogens with zero attached hydrogens (tertiary/aromatic N) is 1. The summed E-state index contributed by atoms with van der Waals surface area (Å²) >= 11 is 5.99. The van der Waals surface area contributed by atoms with Crippen molar-refractivity contribution >= 4 is 21.4 Å². The molecule has 1 heterocycles. The molecule has 0 saturated heterocycles. The largest absolute Gasteiger partial charge is 0.495 e. The lowest BCUT2D eigenvalue weighted by Crippen LogP contribution is -2.13. The first-order valence-corrected chi connectivity index (χ1v) is 9.53. The van der Waals surface area contributed by atoms with Gasteiger partial charge in [-0.1, -0.05) is 17.7 Å². The van der Waals surface area contributed by atoms with Crippen molar-refractivity contribution in [1.29, 1.82) is 0 Å². The number of hydrogen-bond acceptors (Lipinski definition) is 5. The SMILES string of the molecule is COc1cc(-n2c(-c3ccc(S(C)(=O)=O)c(F)c3)coc2=O)ccc1Cl. The van der Waals surface area contributed by atoms with Crippen LogP contribution in [0.3, 0.4) is 0 Å². The molecule has 0 radical (unpaired) electrons. The Morgan fingerprint density at radius 1 is 1.19 bits per heavy atom. The molecule has 136 valence electrons. The Balaban J connectivity index is 2.18. The van der Waals surface area contributed by atoms with Crippen molar-refractivity contribution in [3.05, 3.63) is 64.1 Å². The molecular formula is C17H13ClFNO5S. The van der Waals surface area contributed by atoms with Gasteiger partial charge in [0.05, 0.1) is 23.5 Å². The Morgan fingerprint density at radius 2 is 1.92 bits per heavy atom. The molecule has 0 unspecified atom stereocenters. The van der Waals surface area contributed by atoms with Crippen LogP contribution in [-0.4, -0.2) is 26.4 Å². The summed E-state index contributed by atoms with van der Waals surface area (Å²) in [5.41, 5.74) is 0.917. The Morgan fingerprint density at radius 3 is 2.54 bits per heavy atom. The van der Waals surface area contributed by atoms with Crippen molar-refractivity contribution in [2.45, 2.75) is 4.90 Å². The van der Waals surface area contributed by atoms with Gasteiger partial charge in [-0.2, -0.15) is 0 Å². The van der Waals surface area contributed by atoms with Crippen molar-refractivity contribution in [2.24, 2.45) is 0 Å². The van der Waals surface area contributed by atoms with E-state index in [9.17, 15) is 17.6 Å². The molecule has 26 heavy (non-hydrogen) atoms. The van der Waals surface area contributed by atoms with Crippen LogP contribution in [0.2, 0.25) is 5.02 Å². The molecule has 0 bridgehead atoms. The summed E-state index contributed by atoms with van der Waals surface area (Å²) < 4.78 is 48.6. The minimum atomic E-state index is -3.70. The minimum Gasteiger partial charge on any atom is -0.495 e. The third-order valence-corrected chi connectivity index (χ3v) is 5.16.